The Kier molecular flexibility index (Phi) is 4.93. The third kappa shape index (κ3) is 3.60. The van der Waals surface area contributed by atoms with Crippen LogP contribution in [-0.4, -0.2) is 29.4 Å². The lowest BCUT2D eigenvalue weighted by Gasteiger charge is -2.33. The molecule has 0 atom stereocenters. The second-order valence-electron chi connectivity index (χ2n) is 6.86. The van der Waals surface area contributed by atoms with Crippen LogP contribution < -0.4 is 10.1 Å². The van der Waals surface area contributed by atoms with Gasteiger partial charge in [-0.1, -0.05) is 25.3 Å². The molecule has 1 fully saturated rings. The van der Waals surface area contributed by atoms with E-state index in [1.165, 1.54) is 30.6 Å². The highest BCUT2D eigenvalue weighted by atomic mass is 32.1. The van der Waals surface area contributed by atoms with E-state index in [1.807, 2.05) is 34.5 Å². The number of hydrogen-bond acceptors (Lipinski definition) is 4. The second kappa shape index (κ2) is 7.50. The van der Waals surface area contributed by atoms with Crippen molar-refractivity contribution in [3.63, 3.8) is 0 Å². The lowest BCUT2D eigenvalue weighted by Crippen LogP contribution is -2.42. The van der Waals surface area contributed by atoms with E-state index < -0.39 is 0 Å². The molecule has 2 amide bonds. The fourth-order valence-corrected chi connectivity index (χ4v) is 4.36. The smallest absolute Gasteiger partial charge is 0.265 e. The summed E-state index contributed by atoms with van der Waals surface area (Å²) in [5.41, 5.74) is 1.68. The second-order valence-corrected chi connectivity index (χ2v) is 7.80. The van der Waals surface area contributed by atoms with Crippen LogP contribution in [0.1, 0.15) is 47.3 Å². The standard InChI is InChI=1S/C20H22N2O3S/c23-19-13-25-17-9-8-15(21-20(24)18-7-4-10-26-18)11-14(17)12-22(19)16-5-2-1-3-6-16/h4,7-11,16H,1-3,5-6,12-13H2,(H,21,24). The first kappa shape index (κ1) is 17.1. The van der Waals surface area contributed by atoms with Crippen molar-refractivity contribution >= 4 is 28.8 Å². The van der Waals surface area contributed by atoms with Gasteiger partial charge in [0.25, 0.3) is 11.8 Å². The Labute approximate surface area is 157 Å². The molecule has 4 rings (SSSR count). The molecular formula is C20H22N2O3S. The van der Waals surface area contributed by atoms with E-state index in [1.54, 1.807) is 6.07 Å². The van der Waals surface area contributed by atoms with E-state index in [-0.39, 0.29) is 18.4 Å². The minimum Gasteiger partial charge on any atom is -0.483 e. The molecule has 0 spiro atoms. The van der Waals surface area contributed by atoms with Crippen LogP contribution in [0.5, 0.6) is 5.75 Å². The number of fused-ring (bicyclic) bond motifs is 1. The van der Waals surface area contributed by atoms with Gasteiger partial charge in [-0.05, 0) is 42.5 Å². The van der Waals surface area contributed by atoms with Crippen molar-refractivity contribution in [1.82, 2.24) is 4.90 Å². The van der Waals surface area contributed by atoms with Gasteiger partial charge in [-0.15, -0.1) is 11.3 Å². The highest BCUT2D eigenvalue weighted by Crippen LogP contribution is 2.31. The van der Waals surface area contributed by atoms with Crippen LogP contribution in [0.2, 0.25) is 0 Å². The molecule has 2 heterocycles. The Balaban J connectivity index is 1.54. The van der Waals surface area contributed by atoms with Gasteiger partial charge in [0.1, 0.15) is 5.75 Å². The third-order valence-electron chi connectivity index (χ3n) is 5.09. The summed E-state index contributed by atoms with van der Waals surface area (Å²) in [6, 6.07) is 9.56. The molecule has 0 saturated heterocycles. The number of carbonyl (C=O) groups is 2. The van der Waals surface area contributed by atoms with E-state index in [2.05, 4.69) is 5.32 Å². The van der Waals surface area contributed by atoms with Gasteiger partial charge in [0, 0.05) is 23.8 Å². The summed E-state index contributed by atoms with van der Waals surface area (Å²) < 4.78 is 5.71. The number of amides is 2. The zero-order valence-electron chi connectivity index (χ0n) is 14.6. The first-order chi connectivity index (χ1) is 12.7. The molecule has 2 aromatic rings. The number of nitrogens with one attached hydrogen (secondary N) is 1. The quantitative estimate of drug-likeness (QED) is 0.887. The van der Waals surface area contributed by atoms with Crippen molar-refractivity contribution in [3.8, 4) is 5.75 Å². The molecule has 1 aromatic heterocycles. The van der Waals surface area contributed by atoms with E-state index in [0.29, 0.717) is 17.5 Å². The van der Waals surface area contributed by atoms with Crippen molar-refractivity contribution < 1.29 is 14.3 Å². The number of hydrogen-bond donors (Lipinski definition) is 1. The normalized spacial score (nSPS) is 18.0. The highest BCUT2D eigenvalue weighted by molar-refractivity contribution is 7.12. The molecule has 1 N–H and O–H groups in total. The Morgan fingerprint density at radius 1 is 1.19 bits per heavy atom. The maximum absolute atomic E-state index is 12.5. The number of thiophene rings is 1. The minimum absolute atomic E-state index is 0.0530. The van der Waals surface area contributed by atoms with Crippen molar-refractivity contribution in [2.75, 3.05) is 11.9 Å². The highest BCUT2D eigenvalue weighted by Gasteiger charge is 2.29. The van der Waals surface area contributed by atoms with Gasteiger partial charge in [-0.2, -0.15) is 0 Å². The SMILES string of the molecule is O=C(Nc1ccc2c(c1)CN(C1CCCCC1)C(=O)CO2)c1cccs1. The zero-order valence-corrected chi connectivity index (χ0v) is 15.4. The summed E-state index contributed by atoms with van der Waals surface area (Å²) in [4.78, 5) is 27.5. The zero-order chi connectivity index (χ0) is 17.9. The molecule has 0 bridgehead atoms. The molecule has 6 heteroatoms. The first-order valence-electron chi connectivity index (χ1n) is 9.11. The monoisotopic (exact) mass is 370 g/mol. The van der Waals surface area contributed by atoms with Crippen LogP contribution in [-0.2, 0) is 11.3 Å². The molecule has 5 nitrogen and oxygen atoms in total. The Bertz CT molecular complexity index is 797. The number of nitrogens with zero attached hydrogens (tertiary/aromatic N) is 1. The van der Waals surface area contributed by atoms with Gasteiger partial charge in [-0.25, -0.2) is 0 Å². The van der Waals surface area contributed by atoms with E-state index in [0.717, 1.165) is 29.8 Å². The molecular weight excluding hydrogens is 348 g/mol. The van der Waals surface area contributed by atoms with Crippen molar-refractivity contribution in [2.24, 2.45) is 0 Å². The van der Waals surface area contributed by atoms with Gasteiger partial charge in [0.2, 0.25) is 0 Å². The molecule has 1 aliphatic heterocycles. The average Bonchev–Trinajstić information content (AvgIpc) is 3.15. The van der Waals surface area contributed by atoms with Crippen LogP contribution >= 0.6 is 11.3 Å². The van der Waals surface area contributed by atoms with Crippen LogP contribution in [0.15, 0.2) is 35.7 Å². The molecule has 1 aliphatic carbocycles. The van der Waals surface area contributed by atoms with Crippen LogP contribution in [0, 0.1) is 0 Å². The topological polar surface area (TPSA) is 58.6 Å². The molecule has 26 heavy (non-hydrogen) atoms. The van der Waals surface area contributed by atoms with Crippen LogP contribution in [0.25, 0.3) is 0 Å². The first-order valence-corrected chi connectivity index (χ1v) is 9.99. The van der Waals surface area contributed by atoms with E-state index in [4.69, 9.17) is 4.74 Å². The van der Waals surface area contributed by atoms with E-state index in [9.17, 15) is 9.59 Å². The lowest BCUT2D eigenvalue weighted by molar-refractivity contribution is -0.136. The molecule has 0 unspecified atom stereocenters. The summed E-state index contributed by atoms with van der Waals surface area (Å²) in [7, 11) is 0. The van der Waals surface area contributed by atoms with Crippen LogP contribution in [0.3, 0.4) is 0 Å². The summed E-state index contributed by atoms with van der Waals surface area (Å²) in [6.07, 6.45) is 5.74. The van der Waals surface area contributed by atoms with Gasteiger partial charge in [0.05, 0.1) is 4.88 Å². The molecule has 1 saturated carbocycles. The fourth-order valence-electron chi connectivity index (χ4n) is 3.74. The summed E-state index contributed by atoms with van der Waals surface area (Å²) in [5.74, 6) is 0.665. The molecule has 0 radical (unpaired) electrons. The Morgan fingerprint density at radius 2 is 2.04 bits per heavy atom. The maximum Gasteiger partial charge on any atom is 0.265 e. The maximum atomic E-state index is 12.5. The van der Waals surface area contributed by atoms with Gasteiger partial charge in [0.15, 0.2) is 6.61 Å². The number of ether oxygens (including phenoxy) is 1. The number of anilines is 1. The number of rotatable bonds is 3. The number of carbonyl (C=O) groups excluding carboxylic acids is 2. The average molecular weight is 370 g/mol. The third-order valence-corrected chi connectivity index (χ3v) is 5.96. The van der Waals surface area contributed by atoms with E-state index >= 15 is 0 Å². The predicted molar refractivity (Wildman–Crippen MR) is 102 cm³/mol. The Hall–Kier alpha value is -2.34. The lowest BCUT2D eigenvalue weighted by atomic mass is 9.93. The van der Waals surface area contributed by atoms with Crippen molar-refractivity contribution in [2.45, 2.75) is 44.7 Å². The van der Waals surface area contributed by atoms with Gasteiger partial charge >= 0.3 is 0 Å². The molecule has 1 aromatic carbocycles. The summed E-state index contributed by atoms with van der Waals surface area (Å²) in [6.45, 7) is 0.631. The largest absolute Gasteiger partial charge is 0.483 e. The van der Waals surface area contributed by atoms with Crippen molar-refractivity contribution in [1.29, 1.82) is 0 Å². The van der Waals surface area contributed by atoms with Crippen LogP contribution in [0.4, 0.5) is 5.69 Å². The summed E-state index contributed by atoms with van der Waals surface area (Å²) in [5, 5.41) is 4.82. The minimum atomic E-state index is -0.116. The molecule has 2 aliphatic rings. The molecule has 136 valence electrons. The Morgan fingerprint density at radius 3 is 2.81 bits per heavy atom. The van der Waals surface area contributed by atoms with Gasteiger partial charge in [-0.3, -0.25) is 9.59 Å². The fraction of sp³-hybridized carbons (Fsp3) is 0.400. The predicted octanol–water partition coefficient (Wildman–Crippen LogP) is 4.05. The van der Waals surface area contributed by atoms with Gasteiger partial charge < -0.3 is 15.0 Å². The number of benzene rings is 1. The summed E-state index contributed by atoms with van der Waals surface area (Å²) >= 11 is 1.41. The van der Waals surface area contributed by atoms with Crippen molar-refractivity contribution in [3.05, 3.63) is 46.2 Å².